The zero-order valence-corrected chi connectivity index (χ0v) is 47.5. The summed E-state index contributed by atoms with van der Waals surface area (Å²) in [4.78, 5) is 99.5. The maximum atomic E-state index is 12.4. The van der Waals surface area contributed by atoms with Crippen LogP contribution >= 0.6 is 0 Å². The highest BCUT2D eigenvalue weighted by Crippen LogP contribution is 2.44. The minimum absolute atomic E-state index is 0.195. The first-order valence-electron chi connectivity index (χ1n) is 13.3. The standard InChI is InChI=1S/C9H54O16Si17/c1-19-40(26,31-14)42(21-28-11,36(6,7)18)39(24-37(8,9)23-35(3,4)5,25-38(29-12,30-13)20-27-10)41(32-15,33-16)22-34(2)17/h10-18,34H,27-33H2,1-9,26H3. The molecule has 0 aliphatic heterocycles. The molecule has 0 radical (unpaired) electrons. The van der Waals surface area contributed by atoms with E-state index < -0.39 is 136 Å². The van der Waals surface area contributed by atoms with Gasteiger partial charge in [0.2, 0.25) is 33.3 Å². The fourth-order valence-electron chi connectivity index (χ4n) is 5.37. The Hall–Kier alpha value is 3.05. The van der Waals surface area contributed by atoms with Crippen molar-refractivity contribution in [3.63, 3.8) is 0 Å². The van der Waals surface area contributed by atoms with E-state index in [-0.39, 0.29) is 9.76 Å². The molecule has 0 aromatic heterocycles. The van der Waals surface area contributed by atoms with Gasteiger partial charge in [-0.05, 0) is 52.4 Å². The first-order chi connectivity index (χ1) is 19.0. The second-order valence-electron chi connectivity index (χ2n) is 12.1. The number of rotatable bonds is 22. The Morgan fingerprint density at radius 2 is 1.17 bits per heavy atom. The first kappa shape index (κ1) is 45.0. The van der Waals surface area contributed by atoms with E-state index in [4.69, 9.17) is 29.1 Å². The average molecular weight is 896 g/mol. The van der Waals surface area contributed by atoms with Crippen molar-refractivity contribution in [3.8, 4) is 0 Å². The number of hydrogen-bond acceptors (Lipinski definition) is 16. The molecule has 0 saturated heterocycles. The van der Waals surface area contributed by atoms with Gasteiger partial charge in [0.1, 0.15) is 0 Å². The molecule has 0 aliphatic carbocycles. The molecule has 0 aliphatic rings. The molecule has 33 heteroatoms. The van der Waals surface area contributed by atoms with Crippen molar-refractivity contribution < 1.29 is 72.3 Å². The van der Waals surface area contributed by atoms with Crippen molar-refractivity contribution >= 4 is 146 Å². The van der Waals surface area contributed by atoms with Gasteiger partial charge in [0, 0.05) is 16.9 Å². The van der Waals surface area contributed by atoms with Crippen LogP contribution in [-0.2, 0) is 29.1 Å². The van der Waals surface area contributed by atoms with Crippen LogP contribution in [0.1, 0.15) is 0 Å². The van der Waals surface area contributed by atoms with E-state index in [9.17, 15) is 43.2 Å². The highest BCUT2D eigenvalue weighted by atomic mass is 30.3. The van der Waals surface area contributed by atoms with Gasteiger partial charge in [-0.25, -0.2) is 0 Å². The van der Waals surface area contributed by atoms with Gasteiger partial charge < -0.3 is 72.3 Å². The Balaban J connectivity index is 8.92. The molecule has 0 aromatic rings. The molecule has 0 rings (SSSR count). The van der Waals surface area contributed by atoms with E-state index in [1.165, 1.54) is 13.7 Å². The molecule has 0 aromatic carbocycles. The molecule has 0 saturated carbocycles. The van der Waals surface area contributed by atoms with Gasteiger partial charge in [-0.2, -0.15) is 0 Å². The summed E-state index contributed by atoms with van der Waals surface area (Å²) in [5.74, 6) is 0. The summed E-state index contributed by atoms with van der Waals surface area (Å²) < 4.78 is 45.8. The molecule has 0 fully saturated rings. The van der Waals surface area contributed by atoms with Crippen molar-refractivity contribution in [2.75, 3.05) is 7.11 Å². The summed E-state index contributed by atoms with van der Waals surface area (Å²) in [7, 11) is -36.3. The van der Waals surface area contributed by atoms with Crippen LogP contribution in [-0.4, -0.2) is 196 Å². The third-order valence-corrected chi connectivity index (χ3v) is 172. The quantitative estimate of drug-likeness (QED) is 0.0459. The first-order valence-corrected chi connectivity index (χ1v) is 58.7. The predicted octanol–water partition coefficient (Wildman–Crippen LogP) is -11.9. The van der Waals surface area contributed by atoms with E-state index in [0.29, 0.717) is 0 Å². The lowest BCUT2D eigenvalue weighted by Crippen LogP contribution is -3.03. The van der Waals surface area contributed by atoms with Crippen LogP contribution < -0.4 is 0 Å². The zero-order chi connectivity index (χ0) is 33.5. The summed E-state index contributed by atoms with van der Waals surface area (Å²) in [5.41, 5.74) is 0. The van der Waals surface area contributed by atoms with Crippen molar-refractivity contribution in [1.29, 1.82) is 0 Å². The summed E-state index contributed by atoms with van der Waals surface area (Å²) in [6.07, 6.45) is 0. The second kappa shape index (κ2) is 17.6. The number of hydrogen-bond donors (Lipinski definition) is 9. The van der Waals surface area contributed by atoms with Crippen LogP contribution in [0.5, 0.6) is 0 Å². The molecule has 9 N–H and O–H groups in total. The van der Waals surface area contributed by atoms with Crippen molar-refractivity contribution in [1.82, 2.24) is 0 Å². The topological polar surface area (TPSA) is 247 Å². The minimum Gasteiger partial charge on any atom is -0.439 e. The Bertz CT molecular complexity index is 804. The largest absolute Gasteiger partial charge is 0.439 e. The summed E-state index contributed by atoms with van der Waals surface area (Å²) in [5, 5.41) is 0. The molecule has 0 spiro atoms. The van der Waals surface area contributed by atoms with E-state index in [1.54, 1.807) is 26.2 Å². The highest BCUT2D eigenvalue weighted by molar-refractivity contribution is 8.08. The maximum Gasteiger partial charge on any atom is 0.338 e. The van der Waals surface area contributed by atoms with E-state index in [1.807, 2.05) is 19.6 Å². The van der Waals surface area contributed by atoms with Crippen molar-refractivity contribution in [3.05, 3.63) is 0 Å². The highest BCUT2D eigenvalue weighted by Gasteiger charge is 2.87. The lowest BCUT2D eigenvalue weighted by atomic mass is 11.8. The Labute approximate surface area is 275 Å². The molecule has 4 unspecified atom stereocenters. The van der Waals surface area contributed by atoms with Gasteiger partial charge in [-0.1, -0.05) is 0 Å². The third kappa shape index (κ3) is 9.82. The predicted molar refractivity (Wildman–Crippen MR) is 203 cm³/mol. The van der Waals surface area contributed by atoms with Gasteiger partial charge in [0.15, 0.2) is 36.2 Å². The Morgan fingerprint density at radius 3 is 1.45 bits per heavy atom. The fraction of sp³-hybridized carbons (Fsp3) is 1.00. The molecule has 4 atom stereocenters. The molecule has 0 heterocycles. The molecule has 0 bridgehead atoms. The average Bonchev–Trinajstić information content (AvgIpc) is 2.86. The molecule has 254 valence electrons. The zero-order valence-electron chi connectivity index (χ0n) is 26.4. The Morgan fingerprint density at radius 1 is 0.690 bits per heavy atom. The summed E-state index contributed by atoms with van der Waals surface area (Å²) in [6, 6.07) is 0. The van der Waals surface area contributed by atoms with Gasteiger partial charge in [0.25, 0.3) is 33.8 Å². The second-order valence-corrected chi connectivity index (χ2v) is 113. The summed E-state index contributed by atoms with van der Waals surface area (Å²) >= 11 is 0. The maximum absolute atomic E-state index is 12.4. The SMILES string of the molecule is CO[Si]([SiH3])([SiH2]O)[Si](O[SiH2]O)([Si](C)(C)O)[Si](O[Si](C)(C)O[Si](C)(C)C)(O[Si](O[SiH2]O)([SiH2]O)[SiH2]O)[Si](O[SiH](C)O)([SiH2]O)[SiH2]O. The van der Waals surface area contributed by atoms with Crippen molar-refractivity contribution in [2.24, 2.45) is 0 Å². The molecule has 42 heavy (non-hydrogen) atoms. The lowest BCUT2D eigenvalue weighted by molar-refractivity contribution is 0.306. The van der Waals surface area contributed by atoms with Crippen LogP contribution in [0.4, 0.5) is 0 Å². The van der Waals surface area contributed by atoms with Gasteiger partial charge in [-0.3, -0.25) is 0 Å². The summed E-state index contributed by atoms with van der Waals surface area (Å²) in [6.45, 7) is 1.91. The smallest absolute Gasteiger partial charge is 0.338 e. The van der Waals surface area contributed by atoms with Crippen LogP contribution in [0, 0.1) is 0 Å². The fourth-order valence-corrected chi connectivity index (χ4v) is 282. The van der Waals surface area contributed by atoms with Crippen LogP contribution in [0.2, 0.25) is 52.4 Å². The van der Waals surface area contributed by atoms with Crippen LogP contribution in [0.3, 0.4) is 0 Å². The third-order valence-electron chi connectivity index (χ3n) is 6.69. The van der Waals surface area contributed by atoms with Gasteiger partial charge in [-0.15, -0.1) is 0 Å². The van der Waals surface area contributed by atoms with E-state index >= 15 is 0 Å². The molecular formula is C9H54O16Si17. The normalized spacial score (nSPS) is 23.6. The van der Waals surface area contributed by atoms with Crippen LogP contribution in [0.25, 0.3) is 0 Å². The van der Waals surface area contributed by atoms with Gasteiger partial charge >= 0.3 is 33.0 Å². The van der Waals surface area contributed by atoms with E-state index in [2.05, 4.69) is 0 Å². The minimum atomic E-state index is -4.78. The van der Waals surface area contributed by atoms with E-state index in [0.717, 1.165) is 0 Å². The Kier molecular flexibility index (Phi) is 18.9. The molecular weight excluding hydrogens is 842 g/mol. The lowest BCUT2D eigenvalue weighted by Gasteiger charge is -2.62. The van der Waals surface area contributed by atoms with Crippen molar-refractivity contribution in [2.45, 2.75) is 52.4 Å². The van der Waals surface area contributed by atoms with Gasteiger partial charge in [0.05, 0.1) is 0 Å². The van der Waals surface area contributed by atoms with Crippen LogP contribution in [0.15, 0.2) is 0 Å². The molecule has 16 nitrogen and oxygen atoms in total. The monoisotopic (exact) mass is 894 g/mol. The molecule has 0 amide bonds.